The van der Waals surface area contributed by atoms with Gasteiger partial charge in [0.15, 0.2) is 6.10 Å². The molecule has 0 bridgehead atoms. The number of fused-ring (bicyclic) bond motifs is 1. The topological polar surface area (TPSA) is 97.0 Å². The first-order valence-electron chi connectivity index (χ1n) is 9.82. The summed E-state index contributed by atoms with van der Waals surface area (Å²) in [6.07, 6.45) is 2.67. The van der Waals surface area contributed by atoms with Crippen LogP contribution in [0.25, 0.3) is 22.4 Å². The number of benzene rings is 2. The lowest BCUT2D eigenvalue weighted by molar-refractivity contribution is -0.124. The number of nitrogens with one attached hydrogen (secondary N) is 2. The van der Waals surface area contributed by atoms with Crippen molar-refractivity contribution in [1.82, 2.24) is 15.0 Å². The molecule has 1 amide bonds. The number of H-pyrrole nitrogens is 1. The Morgan fingerprint density at radius 1 is 1.16 bits per heavy atom. The quantitative estimate of drug-likeness (QED) is 0.363. The summed E-state index contributed by atoms with van der Waals surface area (Å²) in [6, 6.07) is 13.6. The number of aromatic nitrogens is 3. The second-order valence-electron chi connectivity index (χ2n) is 6.95. The van der Waals surface area contributed by atoms with E-state index >= 15 is 0 Å². The van der Waals surface area contributed by atoms with Crippen molar-refractivity contribution >= 4 is 51.8 Å². The molecule has 0 radical (unpaired) electrons. The largest absolute Gasteiger partial charge is 0.449 e. The number of halogens is 2. The van der Waals surface area contributed by atoms with Crippen LogP contribution in [-0.4, -0.2) is 32.9 Å². The van der Waals surface area contributed by atoms with Gasteiger partial charge in [-0.1, -0.05) is 36.2 Å². The van der Waals surface area contributed by atoms with Crippen molar-refractivity contribution in [1.29, 1.82) is 0 Å². The predicted molar refractivity (Wildman–Crippen MR) is 124 cm³/mol. The monoisotopic (exact) mass is 468 g/mol. The van der Waals surface area contributed by atoms with Crippen LogP contribution in [0.3, 0.4) is 0 Å². The first kappa shape index (κ1) is 21.8. The second kappa shape index (κ2) is 9.38. The highest BCUT2D eigenvalue weighted by atomic mass is 35.5. The Kier molecular flexibility index (Phi) is 6.39. The van der Waals surface area contributed by atoms with E-state index in [4.69, 9.17) is 27.9 Å². The third-order valence-corrected chi connectivity index (χ3v) is 5.59. The van der Waals surface area contributed by atoms with E-state index in [1.807, 2.05) is 12.1 Å². The fourth-order valence-corrected chi connectivity index (χ4v) is 3.46. The molecule has 32 heavy (non-hydrogen) atoms. The van der Waals surface area contributed by atoms with Gasteiger partial charge in [0.25, 0.3) is 5.91 Å². The molecule has 2 aromatic carbocycles. The molecule has 162 valence electrons. The summed E-state index contributed by atoms with van der Waals surface area (Å²) < 4.78 is 5.46. The van der Waals surface area contributed by atoms with E-state index in [1.54, 1.807) is 55.7 Å². The average molecular weight is 469 g/mol. The number of esters is 1. The van der Waals surface area contributed by atoms with Crippen LogP contribution < -0.4 is 5.32 Å². The van der Waals surface area contributed by atoms with Crippen LogP contribution in [0.15, 0.2) is 60.9 Å². The number of carbonyl (C=O) groups is 2. The number of amides is 1. The Morgan fingerprint density at radius 2 is 2.00 bits per heavy atom. The Labute approximate surface area is 193 Å². The molecule has 1 unspecified atom stereocenters. The number of anilines is 1. The van der Waals surface area contributed by atoms with Gasteiger partial charge in [-0.15, -0.1) is 0 Å². The zero-order valence-electron chi connectivity index (χ0n) is 16.9. The molecule has 9 heteroatoms. The van der Waals surface area contributed by atoms with Gasteiger partial charge in [-0.2, -0.15) is 0 Å². The zero-order chi connectivity index (χ0) is 22.7. The van der Waals surface area contributed by atoms with Crippen LogP contribution in [0.5, 0.6) is 0 Å². The van der Waals surface area contributed by atoms with E-state index in [1.165, 1.54) is 0 Å². The van der Waals surface area contributed by atoms with E-state index in [2.05, 4.69) is 20.3 Å². The summed E-state index contributed by atoms with van der Waals surface area (Å²) in [5, 5.41) is 3.19. The van der Waals surface area contributed by atoms with Gasteiger partial charge in [-0.3, -0.25) is 9.78 Å². The molecule has 2 N–H and O–H groups in total. The molecule has 0 fully saturated rings. The summed E-state index contributed by atoms with van der Waals surface area (Å²) in [6.45, 7) is 1.75. The molecule has 0 aliphatic heterocycles. The predicted octanol–water partition coefficient (Wildman–Crippen LogP) is 5.51. The van der Waals surface area contributed by atoms with Crippen molar-refractivity contribution in [3.63, 3.8) is 0 Å². The van der Waals surface area contributed by atoms with Crippen LogP contribution in [0.2, 0.25) is 10.0 Å². The van der Waals surface area contributed by atoms with Gasteiger partial charge in [-0.25, -0.2) is 9.78 Å². The Bertz CT molecular complexity index is 1290. The van der Waals surface area contributed by atoms with Crippen molar-refractivity contribution in [3.05, 3.63) is 76.5 Å². The van der Waals surface area contributed by atoms with E-state index < -0.39 is 18.0 Å². The fraction of sp³-hybridized carbons (Fsp3) is 0.130. The van der Waals surface area contributed by atoms with Crippen molar-refractivity contribution in [2.24, 2.45) is 0 Å². The minimum atomic E-state index is -0.999. The SMILES string of the molecule is CCC(OC(=O)c1ccc2nc(-c3cccnc3)[nH]c2c1)C(=O)Nc1cccc(Cl)c1Cl. The smallest absolute Gasteiger partial charge is 0.338 e. The van der Waals surface area contributed by atoms with Gasteiger partial charge in [0.2, 0.25) is 0 Å². The van der Waals surface area contributed by atoms with Gasteiger partial charge in [0.05, 0.1) is 32.3 Å². The highest BCUT2D eigenvalue weighted by Crippen LogP contribution is 2.30. The number of carbonyl (C=O) groups excluding carboxylic acids is 2. The summed E-state index contributed by atoms with van der Waals surface area (Å²) in [5.41, 5.74) is 2.84. The highest BCUT2D eigenvalue weighted by Gasteiger charge is 2.23. The first-order valence-corrected chi connectivity index (χ1v) is 10.6. The van der Waals surface area contributed by atoms with Crippen LogP contribution >= 0.6 is 23.2 Å². The summed E-state index contributed by atoms with van der Waals surface area (Å²) in [7, 11) is 0. The van der Waals surface area contributed by atoms with Crippen LogP contribution in [0.1, 0.15) is 23.7 Å². The molecule has 7 nitrogen and oxygen atoms in total. The number of aromatic amines is 1. The Hall–Kier alpha value is -3.42. The highest BCUT2D eigenvalue weighted by molar-refractivity contribution is 6.44. The minimum Gasteiger partial charge on any atom is -0.449 e. The maximum absolute atomic E-state index is 12.7. The summed E-state index contributed by atoms with van der Waals surface area (Å²) >= 11 is 12.1. The molecule has 0 spiro atoms. The molecule has 1 atom stereocenters. The average Bonchev–Trinajstić information content (AvgIpc) is 3.24. The van der Waals surface area contributed by atoms with Crippen molar-refractivity contribution in [3.8, 4) is 11.4 Å². The number of pyridine rings is 1. The lowest BCUT2D eigenvalue weighted by Gasteiger charge is -2.17. The van der Waals surface area contributed by atoms with Crippen molar-refractivity contribution in [2.45, 2.75) is 19.4 Å². The van der Waals surface area contributed by atoms with E-state index in [0.29, 0.717) is 33.1 Å². The number of ether oxygens (including phenoxy) is 1. The number of imidazole rings is 1. The standard InChI is InChI=1S/C23H18Cl2N4O3/c1-2-19(22(30)29-17-7-3-6-15(24)20(17)25)32-23(31)13-8-9-16-18(11-13)28-21(27-16)14-5-4-10-26-12-14/h3-12,19H,2H2,1H3,(H,27,28)(H,29,30). The van der Waals surface area contributed by atoms with Crippen LogP contribution in [0, 0.1) is 0 Å². The molecule has 0 saturated carbocycles. The molecule has 0 aliphatic rings. The van der Waals surface area contributed by atoms with Crippen molar-refractivity contribution < 1.29 is 14.3 Å². The number of rotatable bonds is 6. The molecule has 4 aromatic rings. The molecule has 2 heterocycles. The molecule has 4 rings (SSSR count). The van der Waals surface area contributed by atoms with E-state index in [-0.39, 0.29) is 11.4 Å². The van der Waals surface area contributed by atoms with E-state index in [9.17, 15) is 9.59 Å². The second-order valence-corrected chi connectivity index (χ2v) is 7.74. The van der Waals surface area contributed by atoms with Gasteiger partial charge in [0, 0.05) is 18.0 Å². The van der Waals surface area contributed by atoms with Gasteiger partial charge < -0.3 is 15.0 Å². The summed E-state index contributed by atoms with van der Waals surface area (Å²) in [4.78, 5) is 37.1. The van der Waals surface area contributed by atoms with Gasteiger partial charge in [0.1, 0.15) is 5.82 Å². The van der Waals surface area contributed by atoms with E-state index in [0.717, 1.165) is 5.56 Å². The third-order valence-electron chi connectivity index (χ3n) is 4.77. The number of hydrogen-bond donors (Lipinski definition) is 2. The molecule has 0 aliphatic carbocycles. The molecule has 2 aromatic heterocycles. The third kappa shape index (κ3) is 4.59. The lowest BCUT2D eigenvalue weighted by atomic mass is 10.2. The number of hydrogen-bond acceptors (Lipinski definition) is 5. The van der Waals surface area contributed by atoms with Crippen LogP contribution in [0.4, 0.5) is 5.69 Å². The Balaban J connectivity index is 1.50. The van der Waals surface area contributed by atoms with Gasteiger partial charge >= 0.3 is 5.97 Å². The van der Waals surface area contributed by atoms with Crippen LogP contribution in [-0.2, 0) is 9.53 Å². The van der Waals surface area contributed by atoms with Gasteiger partial charge in [-0.05, 0) is 48.9 Å². The summed E-state index contributed by atoms with van der Waals surface area (Å²) in [5.74, 6) is -0.474. The molecular formula is C23H18Cl2N4O3. The maximum atomic E-state index is 12.7. The fourth-order valence-electron chi connectivity index (χ4n) is 3.11. The number of nitrogens with zero attached hydrogens (tertiary/aromatic N) is 2. The molecular weight excluding hydrogens is 451 g/mol. The minimum absolute atomic E-state index is 0.220. The first-order chi connectivity index (χ1) is 15.5. The normalized spacial score (nSPS) is 11.8. The van der Waals surface area contributed by atoms with Crippen molar-refractivity contribution in [2.75, 3.05) is 5.32 Å². The lowest BCUT2D eigenvalue weighted by Crippen LogP contribution is -2.32. The maximum Gasteiger partial charge on any atom is 0.338 e. The molecule has 0 saturated heterocycles. The zero-order valence-corrected chi connectivity index (χ0v) is 18.4. The Morgan fingerprint density at radius 3 is 2.75 bits per heavy atom.